The first kappa shape index (κ1) is 25.1. The molecule has 186 valence electrons. The van der Waals surface area contributed by atoms with Crippen LogP contribution >= 0.6 is 11.3 Å². The summed E-state index contributed by atoms with van der Waals surface area (Å²) in [6.45, 7) is 0.0334. The summed E-state index contributed by atoms with van der Waals surface area (Å²) in [7, 11) is -2.77. The Balaban J connectivity index is 1.54. The van der Waals surface area contributed by atoms with Gasteiger partial charge in [0.25, 0.3) is 0 Å². The predicted octanol–water partition coefficient (Wildman–Crippen LogP) is 5.02. The number of hydrogen-bond acceptors (Lipinski definition) is 6. The molecule has 0 spiro atoms. The van der Waals surface area contributed by atoms with E-state index in [2.05, 4.69) is 10.3 Å². The number of aromatic nitrogens is 1. The molecule has 0 radical (unpaired) electrons. The highest BCUT2D eigenvalue weighted by atomic mass is 32.2. The standard InChI is InChI=1S/C23H22F3N3O4S2/c1-33-17-10-8-15(9-11-17)19-14-34-22(27-19)28-21(30)20-7-2-3-12-29(20)35(31,32)18-6-4-5-16(13-18)23(24,25)26/h4-6,8-11,13-14,20H,2-3,7,12H2,1H3,(H,27,28,30)/t20-/m1/s1. The van der Waals surface area contributed by atoms with Gasteiger partial charge in [-0.15, -0.1) is 11.3 Å². The van der Waals surface area contributed by atoms with Gasteiger partial charge in [-0.2, -0.15) is 17.5 Å². The van der Waals surface area contributed by atoms with E-state index in [1.54, 1.807) is 24.6 Å². The third-order valence-corrected chi connectivity index (χ3v) is 8.31. The van der Waals surface area contributed by atoms with Crippen LogP contribution in [0.4, 0.5) is 18.3 Å². The molecule has 0 unspecified atom stereocenters. The number of sulfonamides is 1. The van der Waals surface area contributed by atoms with Crippen molar-refractivity contribution in [3.63, 3.8) is 0 Å². The van der Waals surface area contributed by atoms with E-state index in [0.717, 1.165) is 28.1 Å². The van der Waals surface area contributed by atoms with Crippen molar-refractivity contribution in [1.29, 1.82) is 0 Å². The summed E-state index contributed by atoms with van der Waals surface area (Å²) in [6, 6.07) is 9.71. The number of ether oxygens (including phenoxy) is 1. The van der Waals surface area contributed by atoms with Crippen LogP contribution in [0.1, 0.15) is 24.8 Å². The van der Waals surface area contributed by atoms with Gasteiger partial charge in [-0.05, 0) is 55.3 Å². The maximum Gasteiger partial charge on any atom is 0.416 e. The van der Waals surface area contributed by atoms with Crippen LogP contribution in [0.15, 0.2) is 58.8 Å². The molecule has 4 rings (SSSR count). The molecule has 1 aliphatic rings. The van der Waals surface area contributed by atoms with E-state index in [9.17, 15) is 26.4 Å². The second-order valence-electron chi connectivity index (χ2n) is 7.91. The molecule has 2 heterocycles. The zero-order chi connectivity index (χ0) is 25.2. The summed E-state index contributed by atoms with van der Waals surface area (Å²) in [5.41, 5.74) is 0.379. The van der Waals surface area contributed by atoms with E-state index in [1.807, 2.05) is 12.1 Å². The van der Waals surface area contributed by atoms with Gasteiger partial charge in [-0.25, -0.2) is 13.4 Å². The Morgan fingerprint density at radius 3 is 2.60 bits per heavy atom. The molecule has 7 nitrogen and oxygen atoms in total. The molecule has 1 aliphatic heterocycles. The summed E-state index contributed by atoms with van der Waals surface area (Å²) in [5, 5.41) is 4.72. The zero-order valence-electron chi connectivity index (χ0n) is 18.6. The van der Waals surface area contributed by atoms with Gasteiger partial charge in [0, 0.05) is 17.5 Å². The van der Waals surface area contributed by atoms with Crippen LogP contribution in [-0.2, 0) is 21.0 Å². The van der Waals surface area contributed by atoms with Crippen molar-refractivity contribution >= 4 is 32.4 Å². The van der Waals surface area contributed by atoms with Crippen LogP contribution in [0.2, 0.25) is 0 Å². The molecule has 1 atom stereocenters. The Bertz CT molecular complexity index is 1310. The van der Waals surface area contributed by atoms with Crippen molar-refractivity contribution in [1.82, 2.24) is 9.29 Å². The number of rotatable bonds is 6. The van der Waals surface area contributed by atoms with Gasteiger partial charge < -0.3 is 10.1 Å². The lowest BCUT2D eigenvalue weighted by molar-refractivity contribution is -0.137. The van der Waals surface area contributed by atoms with Gasteiger partial charge in [-0.1, -0.05) is 12.5 Å². The second kappa shape index (κ2) is 9.96. The fraction of sp³-hybridized carbons (Fsp3) is 0.304. The number of carbonyl (C=O) groups is 1. The third kappa shape index (κ3) is 5.49. The Morgan fingerprint density at radius 2 is 1.91 bits per heavy atom. The number of nitrogens with zero attached hydrogens (tertiary/aromatic N) is 2. The lowest BCUT2D eigenvalue weighted by Gasteiger charge is -2.33. The summed E-state index contributed by atoms with van der Waals surface area (Å²) < 4.78 is 72.0. The van der Waals surface area contributed by atoms with Gasteiger partial charge in [0.1, 0.15) is 11.8 Å². The molecule has 0 bridgehead atoms. The minimum absolute atomic E-state index is 0.0334. The molecule has 1 N–H and O–H groups in total. The van der Waals surface area contributed by atoms with Crippen LogP contribution in [0, 0.1) is 0 Å². The fourth-order valence-corrected chi connectivity index (χ4v) is 6.26. The maximum atomic E-state index is 13.2. The van der Waals surface area contributed by atoms with E-state index in [0.29, 0.717) is 35.5 Å². The molecular weight excluding hydrogens is 503 g/mol. The first-order valence-electron chi connectivity index (χ1n) is 10.7. The molecule has 1 saturated heterocycles. The molecule has 1 aromatic heterocycles. The van der Waals surface area contributed by atoms with Crippen molar-refractivity contribution in [3.05, 3.63) is 59.5 Å². The number of alkyl halides is 3. The molecule has 1 amide bonds. The number of methoxy groups -OCH3 is 1. The zero-order valence-corrected chi connectivity index (χ0v) is 20.2. The van der Waals surface area contributed by atoms with Crippen molar-refractivity contribution in [3.8, 4) is 17.0 Å². The molecule has 1 fully saturated rings. The number of carbonyl (C=O) groups excluding carboxylic acids is 1. The van der Waals surface area contributed by atoms with Crippen molar-refractivity contribution in [2.75, 3.05) is 19.0 Å². The first-order chi connectivity index (χ1) is 16.6. The van der Waals surface area contributed by atoms with E-state index in [1.165, 1.54) is 11.3 Å². The van der Waals surface area contributed by atoms with Gasteiger partial charge in [-0.3, -0.25) is 4.79 Å². The topological polar surface area (TPSA) is 88.6 Å². The van der Waals surface area contributed by atoms with E-state index < -0.39 is 38.6 Å². The highest BCUT2D eigenvalue weighted by Crippen LogP contribution is 2.33. The van der Waals surface area contributed by atoms with Crippen LogP contribution in [-0.4, -0.2) is 43.3 Å². The number of nitrogens with one attached hydrogen (secondary N) is 1. The van der Waals surface area contributed by atoms with E-state index in [-0.39, 0.29) is 13.0 Å². The predicted molar refractivity (Wildman–Crippen MR) is 126 cm³/mol. The lowest BCUT2D eigenvalue weighted by Crippen LogP contribution is -2.49. The average Bonchev–Trinajstić information content (AvgIpc) is 3.32. The Labute approximate surface area is 204 Å². The van der Waals surface area contributed by atoms with Crippen LogP contribution in [0.3, 0.4) is 0 Å². The largest absolute Gasteiger partial charge is 0.497 e. The minimum Gasteiger partial charge on any atom is -0.497 e. The number of benzene rings is 2. The van der Waals surface area contributed by atoms with Crippen LogP contribution in [0.25, 0.3) is 11.3 Å². The molecule has 3 aromatic rings. The van der Waals surface area contributed by atoms with Crippen molar-refractivity contribution in [2.45, 2.75) is 36.4 Å². The number of thiazole rings is 1. The molecule has 0 saturated carbocycles. The number of anilines is 1. The molecule has 35 heavy (non-hydrogen) atoms. The lowest BCUT2D eigenvalue weighted by atomic mass is 10.0. The smallest absolute Gasteiger partial charge is 0.416 e. The maximum absolute atomic E-state index is 13.2. The summed E-state index contributed by atoms with van der Waals surface area (Å²) in [6.07, 6.45) is -3.32. The monoisotopic (exact) mass is 525 g/mol. The normalized spacial score (nSPS) is 17.2. The Kier molecular flexibility index (Phi) is 7.15. The van der Waals surface area contributed by atoms with Crippen molar-refractivity contribution in [2.24, 2.45) is 0 Å². The Hall–Kier alpha value is -2.96. The summed E-state index contributed by atoms with van der Waals surface area (Å²) in [5.74, 6) is 0.118. The summed E-state index contributed by atoms with van der Waals surface area (Å²) >= 11 is 1.19. The highest BCUT2D eigenvalue weighted by Gasteiger charge is 2.39. The van der Waals surface area contributed by atoms with Gasteiger partial charge >= 0.3 is 6.18 Å². The van der Waals surface area contributed by atoms with Crippen LogP contribution < -0.4 is 10.1 Å². The number of halogens is 3. The first-order valence-corrected chi connectivity index (χ1v) is 13.0. The second-order valence-corrected chi connectivity index (χ2v) is 10.7. The highest BCUT2D eigenvalue weighted by molar-refractivity contribution is 7.89. The van der Waals surface area contributed by atoms with Gasteiger partial charge in [0.05, 0.1) is 23.3 Å². The minimum atomic E-state index is -4.68. The SMILES string of the molecule is COc1ccc(-c2csc(NC(=O)[C@H]3CCCCN3S(=O)(=O)c3cccc(C(F)(F)F)c3)n2)cc1. The molecule has 0 aliphatic carbocycles. The third-order valence-electron chi connectivity index (χ3n) is 5.64. The van der Waals surface area contributed by atoms with Crippen molar-refractivity contribution < 1.29 is 31.1 Å². The molecule has 12 heteroatoms. The van der Waals surface area contributed by atoms with E-state index in [4.69, 9.17) is 4.74 Å². The molecule has 2 aromatic carbocycles. The number of amides is 1. The van der Waals surface area contributed by atoms with Gasteiger partial charge in [0.15, 0.2) is 5.13 Å². The quantitative estimate of drug-likeness (QED) is 0.488. The average molecular weight is 526 g/mol. The number of piperidine rings is 1. The molecular formula is C23H22F3N3O4S2. The van der Waals surface area contributed by atoms with E-state index >= 15 is 0 Å². The fourth-order valence-electron chi connectivity index (χ4n) is 3.84. The van der Waals surface area contributed by atoms with Gasteiger partial charge in [0.2, 0.25) is 15.9 Å². The number of hydrogen-bond donors (Lipinski definition) is 1. The summed E-state index contributed by atoms with van der Waals surface area (Å²) in [4.78, 5) is 17.0. The Morgan fingerprint density at radius 1 is 1.17 bits per heavy atom. The van der Waals surface area contributed by atoms with Crippen LogP contribution in [0.5, 0.6) is 5.75 Å².